The third kappa shape index (κ3) is 3.35. The highest BCUT2D eigenvalue weighted by Gasteiger charge is 2.46. The van der Waals surface area contributed by atoms with E-state index >= 15 is 0 Å². The average molecular weight is 433 g/mol. The van der Waals surface area contributed by atoms with E-state index in [1.165, 1.54) is 23.3 Å². The molecule has 3 aromatic rings. The molecule has 2 aromatic carbocycles. The molecule has 2 aliphatic heterocycles. The lowest BCUT2D eigenvalue weighted by Crippen LogP contribution is -2.29. The maximum Gasteiger partial charge on any atom is 0.296 e. The number of benzene rings is 2. The molecule has 1 amide bonds. The molecule has 5 rings (SSSR count). The number of likely N-dealkylation sites (tertiary alicyclic amines) is 1. The van der Waals surface area contributed by atoms with Crippen molar-refractivity contribution in [2.75, 3.05) is 13.2 Å². The standard InChI is InChI=1S/C24H19NO7/c26-16-4-1-3-14(11-16)21-20(23(28)24(29)25(21)13-17-5-2-8-30-17)22(27)15-6-7-18-19(12-15)32-10-9-31-18/h1-8,11-12,21,26-27H,9-10,13H2/b22-20+/t21-/m0/s1. The largest absolute Gasteiger partial charge is 0.508 e. The number of hydrogen-bond donors (Lipinski definition) is 2. The molecule has 2 aliphatic rings. The molecule has 8 heteroatoms. The summed E-state index contributed by atoms with van der Waals surface area (Å²) in [4.78, 5) is 27.3. The molecule has 3 heterocycles. The zero-order chi connectivity index (χ0) is 22.2. The van der Waals surface area contributed by atoms with Gasteiger partial charge in [0.05, 0.1) is 24.4 Å². The SMILES string of the molecule is O=C1C(=O)N(Cc2ccco2)[C@@H](c2cccc(O)c2)/C1=C(\O)c1ccc2c(c1)OCCO2. The van der Waals surface area contributed by atoms with Gasteiger partial charge in [-0.3, -0.25) is 9.59 Å². The summed E-state index contributed by atoms with van der Waals surface area (Å²) in [7, 11) is 0. The van der Waals surface area contributed by atoms with Gasteiger partial charge in [-0.1, -0.05) is 12.1 Å². The van der Waals surface area contributed by atoms with E-state index in [-0.39, 0.29) is 23.6 Å². The number of fused-ring (bicyclic) bond motifs is 1. The van der Waals surface area contributed by atoms with Crippen LogP contribution in [0.4, 0.5) is 0 Å². The molecule has 1 saturated heterocycles. The zero-order valence-corrected chi connectivity index (χ0v) is 16.9. The van der Waals surface area contributed by atoms with E-state index in [9.17, 15) is 19.8 Å². The number of nitrogens with zero attached hydrogens (tertiary/aromatic N) is 1. The Bertz CT molecular complexity index is 1230. The van der Waals surface area contributed by atoms with Crippen molar-refractivity contribution >= 4 is 17.4 Å². The maximum atomic E-state index is 13.1. The number of amides is 1. The van der Waals surface area contributed by atoms with Crippen LogP contribution in [-0.2, 0) is 16.1 Å². The van der Waals surface area contributed by atoms with Crippen molar-refractivity contribution in [1.29, 1.82) is 0 Å². The van der Waals surface area contributed by atoms with Gasteiger partial charge in [0.15, 0.2) is 11.5 Å². The number of ether oxygens (including phenoxy) is 2. The van der Waals surface area contributed by atoms with Gasteiger partial charge in [-0.25, -0.2) is 0 Å². The fourth-order valence-electron chi connectivity index (χ4n) is 4.00. The molecule has 0 aliphatic carbocycles. The van der Waals surface area contributed by atoms with Gasteiger partial charge in [0.1, 0.15) is 30.5 Å². The number of Topliss-reactive ketones (excluding diaryl/α,β-unsaturated/α-hetero) is 1. The number of aromatic hydroxyl groups is 1. The number of aliphatic hydroxyl groups is 1. The van der Waals surface area contributed by atoms with Crippen LogP contribution in [0.2, 0.25) is 0 Å². The van der Waals surface area contributed by atoms with E-state index in [1.807, 2.05) is 0 Å². The maximum absolute atomic E-state index is 13.1. The first-order chi connectivity index (χ1) is 15.5. The number of carbonyl (C=O) groups is 2. The van der Waals surface area contributed by atoms with Crippen molar-refractivity contribution in [3.63, 3.8) is 0 Å². The van der Waals surface area contributed by atoms with Crippen molar-refractivity contribution in [1.82, 2.24) is 4.90 Å². The van der Waals surface area contributed by atoms with Gasteiger partial charge >= 0.3 is 0 Å². The van der Waals surface area contributed by atoms with Crippen molar-refractivity contribution in [2.24, 2.45) is 0 Å². The minimum absolute atomic E-state index is 0.0228. The van der Waals surface area contributed by atoms with Crippen molar-refractivity contribution in [3.05, 3.63) is 83.3 Å². The van der Waals surface area contributed by atoms with Crippen LogP contribution in [-0.4, -0.2) is 40.0 Å². The summed E-state index contributed by atoms with van der Waals surface area (Å²) >= 11 is 0. The van der Waals surface area contributed by atoms with Crippen LogP contribution in [0, 0.1) is 0 Å². The molecule has 0 radical (unpaired) electrons. The van der Waals surface area contributed by atoms with Crippen molar-refractivity contribution in [3.8, 4) is 17.2 Å². The number of hydrogen-bond acceptors (Lipinski definition) is 7. The fraction of sp³-hybridized carbons (Fsp3) is 0.167. The number of carbonyl (C=O) groups excluding carboxylic acids is 2. The van der Waals surface area contributed by atoms with E-state index in [0.29, 0.717) is 41.6 Å². The normalized spacial score (nSPS) is 19.4. The Morgan fingerprint density at radius 2 is 1.81 bits per heavy atom. The molecule has 1 atom stereocenters. The number of furan rings is 1. The van der Waals surface area contributed by atoms with Gasteiger partial charge in [-0.15, -0.1) is 0 Å². The summed E-state index contributed by atoms with van der Waals surface area (Å²) in [5, 5.41) is 21.2. The predicted molar refractivity (Wildman–Crippen MR) is 112 cm³/mol. The Hall–Kier alpha value is -4.20. The van der Waals surface area contributed by atoms with Crippen LogP contribution in [0.3, 0.4) is 0 Å². The third-order valence-electron chi connectivity index (χ3n) is 5.45. The van der Waals surface area contributed by atoms with Gasteiger partial charge in [-0.2, -0.15) is 0 Å². The lowest BCUT2D eigenvalue weighted by molar-refractivity contribution is -0.140. The van der Waals surface area contributed by atoms with Crippen LogP contribution >= 0.6 is 0 Å². The van der Waals surface area contributed by atoms with Crippen LogP contribution < -0.4 is 9.47 Å². The van der Waals surface area contributed by atoms with Crippen LogP contribution in [0.1, 0.15) is 22.9 Å². The summed E-state index contributed by atoms with van der Waals surface area (Å²) < 4.78 is 16.5. The Balaban J connectivity index is 1.64. The minimum atomic E-state index is -0.916. The van der Waals surface area contributed by atoms with Crippen molar-refractivity contribution in [2.45, 2.75) is 12.6 Å². The number of phenolic OH excluding ortho intramolecular Hbond substituents is 1. The van der Waals surface area contributed by atoms with E-state index in [1.54, 1.807) is 42.5 Å². The van der Waals surface area contributed by atoms with Crippen LogP contribution in [0.15, 0.2) is 70.9 Å². The van der Waals surface area contributed by atoms with Gasteiger partial charge in [0, 0.05) is 5.56 Å². The lowest BCUT2D eigenvalue weighted by Gasteiger charge is -2.24. The molecule has 32 heavy (non-hydrogen) atoms. The Morgan fingerprint density at radius 3 is 2.56 bits per heavy atom. The Morgan fingerprint density at radius 1 is 1.00 bits per heavy atom. The molecular weight excluding hydrogens is 414 g/mol. The van der Waals surface area contributed by atoms with E-state index < -0.39 is 17.7 Å². The molecule has 1 aromatic heterocycles. The second-order valence-corrected chi connectivity index (χ2v) is 7.46. The molecule has 162 valence electrons. The summed E-state index contributed by atoms with van der Waals surface area (Å²) in [6.45, 7) is 0.817. The summed E-state index contributed by atoms with van der Waals surface area (Å²) in [5.41, 5.74) is 0.717. The molecule has 0 bridgehead atoms. The second kappa shape index (κ2) is 7.81. The third-order valence-corrected chi connectivity index (χ3v) is 5.45. The molecule has 1 fully saturated rings. The highest BCUT2D eigenvalue weighted by molar-refractivity contribution is 6.46. The van der Waals surface area contributed by atoms with Crippen LogP contribution in [0.25, 0.3) is 5.76 Å². The van der Waals surface area contributed by atoms with E-state index in [4.69, 9.17) is 13.9 Å². The Labute approximate surface area is 182 Å². The van der Waals surface area contributed by atoms with Crippen molar-refractivity contribution < 1.29 is 33.7 Å². The van der Waals surface area contributed by atoms with E-state index in [0.717, 1.165) is 0 Å². The zero-order valence-electron chi connectivity index (χ0n) is 16.9. The van der Waals surface area contributed by atoms with Gasteiger partial charge < -0.3 is 29.0 Å². The smallest absolute Gasteiger partial charge is 0.296 e. The number of rotatable bonds is 4. The topological polar surface area (TPSA) is 109 Å². The molecule has 2 N–H and O–H groups in total. The van der Waals surface area contributed by atoms with Gasteiger partial charge in [-0.05, 0) is 48.0 Å². The lowest BCUT2D eigenvalue weighted by atomic mass is 9.95. The second-order valence-electron chi connectivity index (χ2n) is 7.46. The highest BCUT2D eigenvalue weighted by Crippen LogP contribution is 2.42. The monoisotopic (exact) mass is 433 g/mol. The summed E-state index contributed by atoms with van der Waals surface area (Å²) in [6, 6.07) is 13.5. The van der Waals surface area contributed by atoms with Crippen LogP contribution in [0.5, 0.6) is 17.2 Å². The first-order valence-corrected chi connectivity index (χ1v) is 10.0. The summed E-state index contributed by atoms with van der Waals surface area (Å²) in [5.74, 6) is -0.488. The Kier molecular flexibility index (Phi) is 4.82. The molecular formula is C24H19NO7. The fourth-order valence-corrected chi connectivity index (χ4v) is 4.00. The molecule has 0 saturated carbocycles. The first kappa shape index (κ1) is 19.7. The van der Waals surface area contributed by atoms with Gasteiger partial charge in [0.25, 0.3) is 11.7 Å². The molecule has 0 unspecified atom stereocenters. The first-order valence-electron chi connectivity index (χ1n) is 10.0. The molecule has 8 nitrogen and oxygen atoms in total. The predicted octanol–water partition coefficient (Wildman–Crippen LogP) is 3.38. The number of aliphatic hydroxyl groups excluding tert-OH is 1. The summed E-state index contributed by atoms with van der Waals surface area (Å²) in [6.07, 6.45) is 1.48. The highest BCUT2D eigenvalue weighted by atomic mass is 16.6. The minimum Gasteiger partial charge on any atom is -0.508 e. The quantitative estimate of drug-likeness (QED) is 0.369. The number of ketones is 1. The van der Waals surface area contributed by atoms with E-state index in [2.05, 4.69) is 0 Å². The average Bonchev–Trinajstić information content (AvgIpc) is 3.41. The molecule has 0 spiro atoms. The van der Waals surface area contributed by atoms with Gasteiger partial charge in [0.2, 0.25) is 0 Å². The number of phenols is 1.